The third kappa shape index (κ3) is 8.15. The minimum absolute atomic E-state index is 0.143. The highest BCUT2D eigenvalue weighted by molar-refractivity contribution is 7.26. The zero-order valence-electron chi connectivity index (χ0n) is 56.7. The van der Waals surface area contributed by atoms with Crippen LogP contribution in [0.4, 0.5) is 0 Å². The summed E-state index contributed by atoms with van der Waals surface area (Å²) < 4.78 is 21.0. The number of aromatic amines is 1. The molecule has 0 spiro atoms. The van der Waals surface area contributed by atoms with Gasteiger partial charge < -0.3 is 33.8 Å². The van der Waals surface area contributed by atoms with Gasteiger partial charge in [0.2, 0.25) is 0 Å². The molecule has 22 rings (SSSR count). The van der Waals surface area contributed by atoms with Crippen molar-refractivity contribution in [2.24, 2.45) is 14.1 Å². The fraction of sp³-hybridized carbons (Fsp3) is 0.133. The summed E-state index contributed by atoms with van der Waals surface area (Å²) in [5.74, 6) is 1.82. The Morgan fingerprint density at radius 3 is 1.38 bits per heavy atom. The van der Waals surface area contributed by atoms with Gasteiger partial charge in [-0.2, -0.15) is 0 Å². The van der Waals surface area contributed by atoms with Gasteiger partial charge in [0.15, 0.2) is 0 Å². The number of para-hydroxylation sites is 2. The van der Waals surface area contributed by atoms with Crippen LogP contribution >= 0.6 is 45.3 Å². The smallest absolute Gasteiger partial charge is 0.144 e. The van der Waals surface area contributed by atoms with Crippen LogP contribution in [0.15, 0.2) is 133 Å². The number of aromatic hydroxyl groups is 2. The SMILES string of the molecule is COc1c2cccc1c1nc3c(ccc4ccc5c(nc(c6cccc(c6OC)c6nc7c8c(ccc9sc2nc98)ccc7n6C)n5C)c43)s1.Cc1cc2c3nc4c(c(C)cc5cc(C)c6sc(nc6c54)c4cc(C)cc(c4O)c4nc5c([nH]4)c(C)cc4cc(C)c6sc(nc6c45)c(c1)c2O)C3. The predicted octanol–water partition coefficient (Wildman–Crippen LogP) is 21.6. The number of imidazole rings is 3. The van der Waals surface area contributed by atoms with Crippen molar-refractivity contribution in [1.29, 1.82) is 0 Å². The molecule has 102 heavy (non-hydrogen) atoms. The van der Waals surface area contributed by atoms with E-state index >= 15 is 0 Å². The molecule has 15 nitrogen and oxygen atoms in total. The monoisotopic (exact) mass is 1400 g/mol. The number of rotatable bonds is 2. The van der Waals surface area contributed by atoms with Gasteiger partial charge in [-0.15, -0.1) is 45.3 Å². The molecule has 3 N–H and O–H groups in total. The van der Waals surface area contributed by atoms with Crippen LogP contribution in [0.1, 0.15) is 44.6 Å². The molecule has 1 aliphatic rings. The lowest BCUT2D eigenvalue weighted by Gasteiger charge is -2.08. The Morgan fingerprint density at radius 2 is 0.833 bits per heavy atom. The van der Waals surface area contributed by atoms with Crippen molar-refractivity contribution < 1.29 is 19.7 Å². The van der Waals surface area contributed by atoms with E-state index in [2.05, 4.69) is 172 Å². The molecule has 0 radical (unpaired) electrons. The van der Waals surface area contributed by atoms with Crippen LogP contribution in [0.2, 0.25) is 0 Å². The number of H-pyrrole nitrogens is 1. The average molecular weight is 1400 g/mol. The van der Waals surface area contributed by atoms with Crippen molar-refractivity contribution in [2.45, 2.75) is 48.0 Å². The van der Waals surface area contributed by atoms with Gasteiger partial charge >= 0.3 is 0 Å². The standard InChI is InChI=1S/C43H31N5O2S2.C40H26N6O2S2/c1-16-7-25-29-15-24-18(3)11-22-13-20(5)39-35(30(22)33(24)44-29)47-43(51-39)28-10-17(2)8-26(38(28)50)41-45-32-19(4)12-23-14-21(6)40-36(31(23)34(32)46-41)48-42(52-40)27(9-16)37(25)49;1-45-25-15-11-19-13-17-27-33-29(19)31(25)41-37(45)21-7-5-8-22(35(21)47-3)38-42-32-26(46(38)2)16-12-20-14-18-28-34(30(20)32)44-40(50-28)24-10-6-9-23(36(24)48-4)39(43-33)49-27/h7-14,49-50H,15H2,1-6H3,(H,45,46);5-18H,1-4H3. The van der Waals surface area contributed by atoms with E-state index in [1.807, 2.05) is 31.2 Å². The normalized spacial score (nSPS) is 12.6. The predicted molar refractivity (Wildman–Crippen MR) is 426 cm³/mol. The molecule has 0 aliphatic carbocycles. The molecule has 492 valence electrons. The molecule has 1 aliphatic heterocycles. The van der Waals surface area contributed by atoms with E-state index in [0.29, 0.717) is 28.2 Å². The van der Waals surface area contributed by atoms with Gasteiger partial charge in [-0.25, -0.2) is 34.9 Å². The van der Waals surface area contributed by atoms with E-state index in [0.717, 1.165) is 236 Å². The minimum atomic E-state index is 0.143. The fourth-order valence-electron chi connectivity index (χ4n) is 16.4. The van der Waals surface area contributed by atoms with Gasteiger partial charge in [0.1, 0.15) is 59.3 Å². The van der Waals surface area contributed by atoms with Gasteiger partial charge in [-0.05, 0) is 193 Å². The molecule has 10 heterocycles. The van der Waals surface area contributed by atoms with Crippen LogP contribution in [0.3, 0.4) is 0 Å². The number of thiazole rings is 4. The largest absolute Gasteiger partial charge is 0.507 e. The van der Waals surface area contributed by atoms with Crippen LogP contribution in [0.5, 0.6) is 23.0 Å². The second-order valence-corrected chi connectivity index (χ2v) is 31.4. The topological polar surface area (TPSA) is 188 Å². The Hall–Kier alpha value is -11.5. The number of phenolic OH excluding ortho intramolecular Hbond substituents is 2. The molecule has 0 fully saturated rings. The maximum absolute atomic E-state index is 12.1. The number of nitrogens with zero attached hydrogens (tertiary/aromatic N) is 10. The van der Waals surface area contributed by atoms with E-state index in [9.17, 15) is 10.2 Å². The Bertz CT molecular complexity index is 7450. The number of hydrogen-bond donors (Lipinski definition) is 3. The van der Waals surface area contributed by atoms with Crippen LogP contribution in [-0.2, 0) is 20.5 Å². The van der Waals surface area contributed by atoms with Crippen LogP contribution in [0.25, 0.3) is 202 Å². The highest BCUT2D eigenvalue weighted by Gasteiger charge is 2.26. The number of ether oxygens (including phenoxy) is 2. The third-order valence-corrected chi connectivity index (χ3v) is 25.7. The number of aromatic nitrogens is 11. The molecule has 24 bridgehead atoms. The summed E-state index contributed by atoms with van der Waals surface area (Å²) in [7, 11) is 7.58. The first-order chi connectivity index (χ1) is 49.5. The zero-order chi connectivity index (χ0) is 68.9. The highest BCUT2D eigenvalue weighted by atomic mass is 32.1. The molecule has 0 saturated heterocycles. The third-order valence-electron chi connectivity index (χ3n) is 21.1. The summed E-state index contributed by atoms with van der Waals surface area (Å²) in [5.41, 5.74) is 20.7. The molecule has 12 aromatic carbocycles. The summed E-state index contributed by atoms with van der Waals surface area (Å²) in [6, 6.07) is 46.6. The van der Waals surface area contributed by atoms with Crippen molar-refractivity contribution >= 4 is 247 Å². The molecule has 0 saturated carbocycles. The molecular weight excluding hydrogens is 1340 g/mol. The molecule has 9 aromatic heterocycles. The van der Waals surface area contributed by atoms with Crippen molar-refractivity contribution in [1.82, 2.24) is 54.0 Å². The number of methoxy groups -OCH3 is 2. The molecule has 0 unspecified atom stereocenters. The first kappa shape index (κ1) is 59.4. The molecular formula is C83H57N11O4S4. The summed E-state index contributed by atoms with van der Waals surface area (Å²) >= 11 is 6.51. The zero-order valence-corrected chi connectivity index (χ0v) is 60.0. The van der Waals surface area contributed by atoms with Gasteiger partial charge in [-0.1, -0.05) is 42.5 Å². The lowest BCUT2D eigenvalue weighted by atomic mass is 9.96. The second kappa shape index (κ2) is 21.1. The Morgan fingerprint density at radius 1 is 0.392 bits per heavy atom. The van der Waals surface area contributed by atoms with Gasteiger partial charge in [0, 0.05) is 47.4 Å². The highest BCUT2D eigenvalue weighted by Crippen LogP contribution is 2.48. The van der Waals surface area contributed by atoms with Crippen molar-refractivity contribution in [3.63, 3.8) is 0 Å². The van der Waals surface area contributed by atoms with E-state index < -0.39 is 0 Å². The van der Waals surface area contributed by atoms with Gasteiger partial charge in [0.25, 0.3) is 0 Å². The van der Waals surface area contributed by atoms with E-state index in [1.54, 1.807) is 59.6 Å². The van der Waals surface area contributed by atoms with Crippen molar-refractivity contribution in [3.8, 4) is 23.0 Å². The molecule has 0 atom stereocenters. The summed E-state index contributed by atoms with van der Waals surface area (Å²) in [5, 5.41) is 38.9. The van der Waals surface area contributed by atoms with E-state index in [-0.39, 0.29) is 11.5 Å². The number of nitrogens with one attached hydrogen (secondary N) is 1. The molecule has 0 amide bonds. The first-order valence-electron chi connectivity index (χ1n) is 33.6. The number of phenols is 2. The van der Waals surface area contributed by atoms with Crippen molar-refractivity contribution in [2.75, 3.05) is 14.2 Å². The average Bonchev–Trinajstić information content (AvgIpc) is 1.60. The fourth-order valence-corrected chi connectivity index (χ4v) is 20.5. The second-order valence-electron chi connectivity index (χ2n) is 27.3. The quantitative estimate of drug-likeness (QED) is 0.149. The van der Waals surface area contributed by atoms with Gasteiger partial charge in [0.05, 0.1) is 137 Å². The lowest BCUT2D eigenvalue weighted by Crippen LogP contribution is -1.93. The Labute approximate surface area is 594 Å². The molecule has 21 aromatic rings. The van der Waals surface area contributed by atoms with E-state index in [1.165, 1.54) is 0 Å². The van der Waals surface area contributed by atoms with Gasteiger partial charge in [-0.3, -0.25) is 4.98 Å². The number of aryl methyl sites for hydroxylation is 8. The number of benzene rings is 12. The summed E-state index contributed by atoms with van der Waals surface area (Å²) in [6.45, 7) is 12.6. The summed E-state index contributed by atoms with van der Waals surface area (Å²) in [6.07, 6.45) is 0.601. The van der Waals surface area contributed by atoms with E-state index in [4.69, 9.17) is 49.3 Å². The van der Waals surface area contributed by atoms with Crippen LogP contribution < -0.4 is 9.47 Å². The Kier molecular flexibility index (Phi) is 12.3. The van der Waals surface area contributed by atoms with Crippen molar-refractivity contribution in [3.05, 3.63) is 178 Å². The maximum atomic E-state index is 12.1. The van der Waals surface area contributed by atoms with Crippen LogP contribution in [-0.4, -0.2) is 78.4 Å². The lowest BCUT2D eigenvalue weighted by molar-refractivity contribution is 0.424. The number of fused-ring (bicyclic) bond motifs is 24. The maximum Gasteiger partial charge on any atom is 0.144 e. The summed E-state index contributed by atoms with van der Waals surface area (Å²) in [4.78, 5) is 49.3. The number of hydrogen-bond acceptors (Lipinski definition) is 16. The Balaban J connectivity index is 0.000000133. The first-order valence-corrected chi connectivity index (χ1v) is 36.9. The van der Waals surface area contributed by atoms with Crippen LogP contribution in [0, 0.1) is 41.5 Å². The minimum Gasteiger partial charge on any atom is -0.507 e. The molecule has 19 heteroatoms.